The number of allylic oxidation sites excluding steroid dienone is 2. The SMILES string of the molecule is COC(=O)[C@@H]1CC=C[C@H]1C=O. The monoisotopic (exact) mass is 154 g/mol. The van der Waals surface area contributed by atoms with Crippen LogP contribution in [0.15, 0.2) is 12.2 Å². The number of rotatable bonds is 2. The summed E-state index contributed by atoms with van der Waals surface area (Å²) in [7, 11) is 1.34. The van der Waals surface area contributed by atoms with Gasteiger partial charge in [0.25, 0.3) is 0 Å². The number of aldehydes is 1. The lowest BCUT2D eigenvalue weighted by molar-refractivity contribution is -0.147. The van der Waals surface area contributed by atoms with Gasteiger partial charge < -0.3 is 9.53 Å². The molecule has 0 radical (unpaired) electrons. The van der Waals surface area contributed by atoms with Gasteiger partial charge in [0, 0.05) is 5.92 Å². The van der Waals surface area contributed by atoms with Crippen LogP contribution in [0.4, 0.5) is 0 Å². The minimum atomic E-state index is -0.299. The first-order valence-electron chi connectivity index (χ1n) is 3.49. The van der Waals surface area contributed by atoms with E-state index in [0.717, 1.165) is 6.29 Å². The standard InChI is InChI=1S/C8H10O3/c1-11-8(10)7-4-2-3-6(7)5-9/h2-3,5-7H,4H2,1H3/t6-,7+/m0/s1. The first kappa shape index (κ1) is 7.98. The van der Waals surface area contributed by atoms with Crippen LogP contribution in [0.25, 0.3) is 0 Å². The van der Waals surface area contributed by atoms with Crippen LogP contribution in [0, 0.1) is 11.8 Å². The smallest absolute Gasteiger partial charge is 0.310 e. The molecule has 0 heterocycles. The molecule has 0 aromatic carbocycles. The molecule has 0 saturated heterocycles. The maximum absolute atomic E-state index is 11.0. The van der Waals surface area contributed by atoms with Crippen molar-refractivity contribution in [3.05, 3.63) is 12.2 Å². The van der Waals surface area contributed by atoms with Gasteiger partial charge in [-0.3, -0.25) is 4.79 Å². The van der Waals surface area contributed by atoms with Crippen molar-refractivity contribution in [2.75, 3.05) is 7.11 Å². The third-order valence-corrected chi connectivity index (χ3v) is 1.87. The molecule has 0 N–H and O–H groups in total. The van der Waals surface area contributed by atoms with E-state index in [1.165, 1.54) is 7.11 Å². The van der Waals surface area contributed by atoms with E-state index in [-0.39, 0.29) is 17.8 Å². The zero-order chi connectivity index (χ0) is 8.27. The normalized spacial score (nSPS) is 28.5. The Labute approximate surface area is 65.0 Å². The van der Waals surface area contributed by atoms with Crippen molar-refractivity contribution in [2.45, 2.75) is 6.42 Å². The second-order valence-electron chi connectivity index (χ2n) is 2.51. The summed E-state index contributed by atoms with van der Waals surface area (Å²) in [5.41, 5.74) is 0. The predicted molar refractivity (Wildman–Crippen MR) is 38.8 cm³/mol. The molecule has 3 heteroatoms. The molecule has 0 aliphatic heterocycles. The van der Waals surface area contributed by atoms with E-state index in [1.54, 1.807) is 6.08 Å². The molecular weight excluding hydrogens is 144 g/mol. The van der Waals surface area contributed by atoms with Gasteiger partial charge in [0.2, 0.25) is 0 Å². The van der Waals surface area contributed by atoms with Gasteiger partial charge in [0.05, 0.1) is 13.0 Å². The number of ether oxygens (including phenoxy) is 1. The zero-order valence-corrected chi connectivity index (χ0v) is 6.32. The summed E-state index contributed by atoms with van der Waals surface area (Å²) < 4.78 is 4.53. The van der Waals surface area contributed by atoms with Gasteiger partial charge in [-0.1, -0.05) is 12.2 Å². The second kappa shape index (κ2) is 3.32. The molecule has 0 aromatic heterocycles. The summed E-state index contributed by atoms with van der Waals surface area (Å²) in [6.45, 7) is 0. The van der Waals surface area contributed by atoms with E-state index in [2.05, 4.69) is 4.74 Å². The van der Waals surface area contributed by atoms with Crippen molar-refractivity contribution in [2.24, 2.45) is 11.8 Å². The maximum atomic E-state index is 11.0. The lowest BCUT2D eigenvalue weighted by Crippen LogP contribution is -2.21. The molecule has 2 atom stereocenters. The van der Waals surface area contributed by atoms with Crippen LogP contribution in [0.3, 0.4) is 0 Å². The number of carbonyl (C=O) groups is 2. The molecular formula is C8H10O3. The molecule has 60 valence electrons. The summed E-state index contributed by atoms with van der Waals surface area (Å²) >= 11 is 0. The van der Waals surface area contributed by atoms with E-state index in [9.17, 15) is 9.59 Å². The van der Waals surface area contributed by atoms with Gasteiger partial charge in [-0.15, -0.1) is 0 Å². The van der Waals surface area contributed by atoms with Crippen molar-refractivity contribution >= 4 is 12.3 Å². The average molecular weight is 154 g/mol. The maximum Gasteiger partial charge on any atom is 0.310 e. The Balaban J connectivity index is 2.60. The van der Waals surface area contributed by atoms with Crippen LogP contribution < -0.4 is 0 Å². The summed E-state index contributed by atoms with van der Waals surface area (Å²) in [6.07, 6.45) is 4.98. The Bertz CT molecular complexity index is 196. The average Bonchev–Trinajstić information content (AvgIpc) is 2.50. The summed E-state index contributed by atoms with van der Waals surface area (Å²) in [5, 5.41) is 0. The van der Waals surface area contributed by atoms with Crippen molar-refractivity contribution in [1.82, 2.24) is 0 Å². The van der Waals surface area contributed by atoms with Gasteiger partial charge in [-0.2, -0.15) is 0 Å². The first-order valence-corrected chi connectivity index (χ1v) is 3.49. The molecule has 0 amide bonds. The fourth-order valence-electron chi connectivity index (χ4n) is 1.22. The van der Waals surface area contributed by atoms with E-state index >= 15 is 0 Å². The highest BCUT2D eigenvalue weighted by Crippen LogP contribution is 2.24. The van der Waals surface area contributed by atoms with Gasteiger partial charge >= 0.3 is 5.97 Å². The second-order valence-corrected chi connectivity index (χ2v) is 2.51. The Kier molecular flexibility index (Phi) is 2.41. The molecule has 0 spiro atoms. The van der Waals surface area contributed by atoms with E-state index < -0.39 is 0 Å². The van der Waals surface area contributed by atoms with E-state index in [1.807, 2.05) is 6.08 Å². The molecule has 0 unspecified atom stereocenters. The van der Waals surface area contributed by atoms with Gasteiger partial charge in [-0.25, -0.2) is 0 Å². The Hall–Kier alpha value is -1.12. The molecule has 0 bridgehead atoms. The number of hydrogen-bond donors (Lipinski definition) is 0. The zero-order valence-electron chi connectivity index (χ0n) is 6.32. The number of carbonyl (C=O) groups excluding carboxylic acids is 2. The minimum Gasteiger partial charge on any atom is -0.469 e. The van der Waals surface area contributed by atoms with Crippen LogP contribution in [0.5, 0.6) is 0 Å². The number of hydrogen-bond acceptors (Lipinski definition) is 3. The van der Waals surface area contributed by atoms with Crippen LogP contribution >= 0.6 is 0 Å². The molecule has 0 fully saturated rings. The number of methoxy groups -OCH3 is 1. The van der Waals surface area contributed by atoms with Crippen molar-refractivity contribution < 1.29 is 14.3 Å². The molecule has 3 nitrogen and oxygen atoms in total. The lowest BCUT2D eigenvalue weighted by Gasteiger charge is -2.10. The lowest BCUT2D eigenvalue weighted by atomic mass is 9.97. The molecule has 1 aliphatic carbocycles. The van der Waals surface area contributed by atoms with Gasteiger partial charge in [-0.05, 0) is 6.42 Å². The van der Waals surface area contributed by atoms with Gasteiger partial charge in [0.1, 0.15) is 6.29 Å². The van der Waals surface area contributed by atoms with Crippen LogP contribution in [0.2, 0.25) is 0 Å². The highest BCUT2D eigenvalue weighted by atomic mass is 16.5. The quantitative estimate of drug-likeness (QED) is 0.331. The molecule has 1 aliphatic rings. The Morgan fingerprint density at radius 2 is 2.45 bits per heavy atom. The van der Waals surface area contributed by atoms with E-state index in [0.29, 0.717) is 6.42 Å². The third kappa shape index (κ3) is 1.48. The topological polar surface area (TPSA) is 43.4 Å². The molecule has 1 rings (SSSR count). The Morgan fingerprint density at radius 3 is 3.00 bits per heavy atom. The van der Waals surface area contributed by atoms with Gasteiger partial charge in [0.15, 0.2) is 0 Å². The summed E-state index contributed by atoms with van der Waals surface area (Å²) in [6, 6.07) is 0. The molecule has 0 aromatic rings. The Morgan fingerprint density at radius 1 is 1.73 bits per heavy atom. The van der Waals surface area contributed by atoms with Crippen LogP contribution in [0.1, 0.15) is 6.42 Å². The van der Waals surface area contributed by atoms with E-state index in [4.69, 9.17) is 0 Å². The first-order chi connectivity index (χ1) is 5.29. The predicted octanol–water partition coefficient (Wildman–Crippen LogP) is 0.551. The van der Waals surface area contributed by atoms with Crippen molar-refractivity contribution in [3.8, 4) is 0 Å². The number of esters is 1. The van der Waals surface area contributed by atoms with Crippen molar-refractivity contribution in [3.63, 3.8) is 0 Å². The summed E-state index contributed by atoms with van der Waals surface area (Å²) in [5.74, 6) is -0.855. The third-order valence-electron chi connectivity index (χ3n) is 1.87. The largest absolute Gasteiger partial charge is 0.469 e. The van der Waals surface area contributed by atoms with Crippen molar-refractivity contribution in [1.29, 1.82) is 0 Å². The minimum absolute atomic E-state index is 0.276. The summed E-state index contributed by atoms with van der Waals surface area (Å²) in [4.78, 5) is 21.3. The fraction of sp³-hybridized carbons (Fsp3) is 0.500. The molecule has 0 saturated carbocycles. The fourth-order valence-corrected chi connectivity index (χ4v) is 1.22. The molecule has 11 heavy (non-hydrogen) atoms. The van der Waals surface area contributed by atoms with Crippen LogP contribution in [-0.4, -0.2) is 19.4 Å². The highest BCUT2D eigenvalue weighted by molar-refractivity contribution is 5.78. The van der Waals surface area contributed by atoms with Crippen LogP contribution in [-0.2, 0) is 14.3 Å². The highest BCUT2D eigenvalue weighted by Gasteiger charge is 2.29.